The summed E-state index contributed by atoms with van der Waals surface area (Å²) < 4.78 is 0. The molecule has 0 aromatic heterocycles. The van der Waals surface area contributed by atoms with Gasteiger partial charge < -0.3 is 10.6 Å². The summed E-state index contributed by atoms with van der Waals surface area (Å²) in [7, 11) is 0. The average molecular weight is 282 g/mol. The predicted octanol–water partition coefficient (Wildman–Crippen LogP) is 3.19. The van der Waals surface area contributed by atoms with Gasteiger partial charge in [0, 0.05) is 18.5 Å². The minimum absolute atomic E-state index is 0.0332. The highest BCUT2D eigenvalue weighted by molar-refractivity contribution is 5.40. The van der Waals surface area contributed by atoms with E-state index in [1.807, 2.05) is 0 Å². The average Bonchev–Trinajstić information content (AvgIpc) is 2.57. The molecule has 2 heteroatoms. The SMILES string of the molecule is CCNCC(CNCC)(c1ccccc1)c1ccccc1. The van der Waals surface area contributed by atoms with Gasteiger partial charge in [-0.2, -0.15) is 0 Å². The minimum Gasteiger partial charge on any atom is -0.316 e. The fourth-order valence-corrected chi connectivity index (χ4v) is 2.83. The maximum atomic E-state index is 3.56. The molecule has 2 nitrogen and oxygen atoms in total. The molecule has 0 amide bonds. The van der Waals surface area contributed by atoms with Crippen molar-refractivity contribution in [2.75, 3.05) is 26.2 Å². The normalized spacial score (nSPS) is 11.5. The van der Waals surface area contributed by atoms with Crippen LogP contribution in [0.2, 0.25) is 0 Å². The molecule has 2 aromatic carbocycles. The van der Waals surface area contributed by atoms with Gasteiger partial charge in [0.25, 0.3) is 0 Å². The molecule has 0 aliphatic heterocycles. The lowest BCUT2D eigenvalue weighted by Crippen LogP contribution is -2.47. The summed E-state index contributed by atoms with van der Waals surface area (Å²) >= 11 is 0. The van der Waals surface area contributed by atoms with Crippen molar-refractivity contribution >= 4 is 0 Å². The van der Waals surface area contributed by atoms with E-state index in [2.05, 4.69) is 85.1 Å². The lowest BCUT2D eigenvalue weighted by atomic mass is 9.74. The van der Waals surface area contributed by atoms with Crippen molar-refractivity contribution in [3.05, 3.63) is 71.8 Å². The molecule has 2 aromatic rings. The summed E-state index contributed by atoms with van der Waals surface area (Å²) in [6.45, 7) is 8.15. The molecule has 112 valence electrons. The van der Waals surface area contributed by atoms with Gasteiger partial charge in [0.2, 0.25) is 0 Å². The molecular formula is C19H26N2. The van der Waals surface area contributed by atoms with Crippen LogP contribution >= 0.6 is 0 Å². The molecule has 0 heterocycles. The summed E-state index contributed by atoms with van der Waals surface area (Å²) in [5, 5.41) is 7.11. The highest BCUT2D eigenvalue weighted by atomic mass is 14.9. The summed E-state index contributed by atoms with van der Waals surface area (Å²) in [4.78, 5) is 0. The summed E-state index contributed by atoms with van der Waals surface area (Å²) in [5.74, 6) is 0. The largest absolute Gasteiger partial charge is 0.316 e. The third-order valence-electron chi connectivity index (χ3n) is 4.01. The van der Waals surface area contributed by atoms with E-state index < -0.39 is 0 Å². The van der Waals surface area contributed by atoms with Gasteiger partial charge in [-0.1, -0.05) is 74.5 Å². The lowest BCUT2D eigenvalue weighted by Gasteiger charge is -2.36. The molecule has 0 fully saturated rings. The van der Waals surface area contributed by atoms with E-state index in [9.17, 15) is 0 Å². The van der Waals surface area contributed by atoms with Gasteiger partial charge in [-0.05, 0) is 24.2 Å². The Morgan fingerprint density at radius 2 is 1.05 bits per heavy atom. The molecular weight excluding hydrogens is 256 g/mol. The van der Waals surface area contributed by atoms with Gasteiger partial charge in [0.15, 0.2) is 0 Å². The third kappa shape index (κ3) is 3.72. The second-order valence-electron chi connectivity index (χ2n) is 5.37. The Hall–Kier alpha value is -1.64. The van der Waals surface area contributed by atoms with Crippen LogP contribution in [0.1, 0.15) is 25.0 Å². The Morgan fingerprint density at radius 1 is 0.667 bits per heavy atom. The summed E-state index contributed by atoms with van der Waals surface area (Å²) in [6, 6.07) is 21.6. The van der Waals surface area contributed by atoms with Crippen LogP contribution in [0.3, 0.4) is 0 Å². The second-order valence-corrected chi connectivity index (χ2v) is 5.37. The van der Waals surface area contributed by atoms with Crippen molar-refractivity contribution in [3.8, 4) is 0 Å². The summed E-state index contributed by atoms with van der Waals surface area (Å²) in [6.07, 6.45) is 0. The standard InChI is InChI=1S/C19H26N2/c1-3-20-15-19(16-21-4-2,17-11-7-5-8-12-17)18-13-9-6-10-14-18/h5-14,20-21H,3-4,15-16H2,1-2H3. The van der Waals surface area contributed by atoms with Crippen molar-refractivity contribution in [1.82, 2.24) is 10.6 Å². The first-order valence-corrected chi connectivity index (χ1v) is 7.86. The van der Waals surface area contributed by atoms with Crippen LogP contribution in [0.4, 0.5) is 0 Å². The van der Waals surface area contributed by atoms with Crippen LogP contribution in [-0.4, -0.2) is 26.2 Å². The fraction of sp³-hybridized carbons (Fsp3) is 0.368. The first kappa shape index (κ1) is 15.7. The van der Waals surface area contributed by atoms with Crippen molar-refractivity contribution in [2.24, 2.45) is 0 Å². The number of rotatable bonds is 8. The van der Waals surface area contributed by atoms with Gasteiger partial charge in [0.1, 0.15) is 0 Å². The quantitative estimate of drug-likeness (QED) is 0.777. The molecule has 0 unspecified atom stereocenters. The van der Waals surface area contributed by atoms with Crippen LogP contribution in [0.15, 0.2) is 60.7 Å². The van der Waals surface area contributed by atoms with Crippen LogP contribution in [0.5, 0.6) is 0 Å². The first-order valence-electron chi connectivity index (χ1n) is 7.86. The number of hydrogen-bond acceptors (Lipinski definition) is 2. The summed E-state index contributed by atoms with van der Waals surface area (Å²) in [5.41, 5.74) is 2.69. The molecule has 0 bridgehead atoms. The topological polar surface area (TPSA) is 24.1 Å². The molecule has 0 radical (unpaired) electrons. The van der Waals surface area contributed by atoms with Crippen molar-refractivity contribution in [3.63, 3.8) is 0 Å². The Balaban J connectivity index is 2.48. The molecule has 0 saturated carbocycles. The smallest absolute Gasteiger partial charge is 0.0451 e. The Bertz CT molecular complexity index is 458. The lowest BCUT2D eigenvalue weighted by molar-refractivity contribution is 0.440. The van der Waals surface area contributed by atoms with E-state index in [1.54, 1.807) is 0 Å². The highest BCUT2D eigenvalue weighted by Gasteiger charge is 2.33. The van der Waals surface area contributed by atoms with Gasteiger partial charge in [-0.25, -0.2) is 0 Å². The number of likely N-dealkylation sites (N-methyl/N-ethyl adjacent to an activating group) is 2. The third-order valence-corrected chi connectivity index (χ3v) is 4.01. The monoisotopic (exact) mass is 282 g/mol. The van der Waals surface area contributed by atoms with Crippen molar-refractivity contribution in [2.45, 2.75) is 19.3 Å². The number of nitrogens with one attached hydrogen (secondary N) is 2. The maximum absolute atomic E-state index is 3.56. The van der Waals surface area contributed by atoms with E-state index in [4.69, 9.17) is 0 Å². The molecule has 0 atom stereocenters. The molecule has 0 aliphatic rings. The number of hydrogen-bond donors (Lipinski definition) is 2. The maximum Gasteiger partial charge on any atom is 0.0451 e. The van der Waals surface area contributed by atoms with E-state index in [1.165, 1.54) is 11.1 Å². The zero-order valence-electron chi connectivity index (χ0n) is 13.1. The van der Waals surface area contributed by atoms with Crippen LogP contribution < -0.4 is 10.6 Å². The Kier molecular flexibility index (Phi) is 5.97. The van der Waals surface area contributed by atoms with E-state index in [0.29, 0.717) is 0 Å². The molecule has 2 rings (SSSR count). The van der Waals surface area contributed by atoms with Crippen LogP contribution in [-0.2, 0) is 5.41 Å². The zero-order valence-corrected chi connectivity index (χ0v) is 13.1. The van der Waals surface area contributed by atoms with Gasteiger partial charge in [0.05, 0.1) is 0 Å². The van der Waals surface area contributed by atoms with Crippen LogP contribution in [0, 0.1) is 0 Å². The van der Waals surface area contributed by atoms with E-state index in [-0.39, 0.29) is 5.41 Å². The fourth-order valence-electron chi connectivity index (χ4n) is 2.83. The Morgan fingerprint density at radius 3 is 1.38 bits per heavy atom. The van der Waals surface area contributed by atoms with Gasteiger partial charge >= 0.3 is 0 Å². The molecule has 21 heavy (non-hydrogen) atoms. The van der Waals surface area contributed by atoms with Crippen LogP contribution in [0.25, 0.3) is 0 Å². The first-order chi connectivity index (χ1) is 10.3. The predicted molar refractivity (Wildman–Crippen MR) is 90.8 cm³/mol. The van der Waals surface area contributed by atoms with Crippen molar-refractivity contribution < 1.29 is 0 Å². The Labute approximate surface area is 128 Å². The zero-order chi connectivity index (χ0) is 15.0. The molecule has 0 aliphatic carbocycles. The highest BCUT2D eigenvalue weighted by Crippen LogP contribution is 2.31. The molecule has 0 spiro atoms. The van der Waals surface area contributed by atoms with Crippen molar-refractivity contribution in [1.29, 1.82) is 0 Å². The number of benzene rings is 2. The van der Waals surface area contributed by atoms with Gasteiger partial charge in [-0.15, -0.1) is 0 Å². The minimum atomic E-state index is -0.0332. The molecule has 0 saturated heterocycles. The molecule has 2 N–H and O–H groups in total. The van der Waals surface area contributed by atoms with E-state index >= 15 is 0 Å². The second kappa shape index (κ2) is 7.96. The van der Waals surface area contributed by atoms with Gasteiger partial charge in [-0.3, -0.25) is 0 Å². The van der Waals surface area contributed by atoms with E-state index in [0.717, 1.165) is 26.2 Å².